The van der Waals surface area contributed by atoms with E-state index in [4.69, 9.17) is 9.47 Å². The van der Waals surface area contributed by atoms with E-state index in [9.17, 15) is 14.4 Å². The van der Waals surface area contributed by atoms with Gasteiger partial charge in [0.2, 0.25) is 0 Å². The fourth-order valence-electron chi connectivity index (χ4n) is 3.03. The van der Waals surface area contributed by atoms with Gasteiger partial charge in [0.25, 0.3) is 17.4 Å². The molecular formula is C24H20N4O5. The Morgan fingerprint density at radius 1 is 0.788 bits per heavy atom. The van der Waals surface area contributed by atoms with Crippen LogP contribution in [0.4, 0.5) is 0 Å². The van der Waals surface area contributed by atoms with Gasteiger partial charge in [0.1, 0.15) is 18.1 Å². The Bertz CT molecular complexity index is 1320. The fourth-order valence-corrected chi connectivity index (χ4v) is 3.03. The molecule has 9 nitrogen and oxygen atoms in total. The van der Waals surface area contributed by atoms with E-state index in [0.29, 0.717) is 28.9 Å². The van der Waals surface area contributed by atoms with Gasteiger partial charge in [-0.3, -0.25) is 25.2 Å². The Morgan fingerprint density at radius 2 is 1.42 bits per heavy atom. The molecule has 3 N–H and O–H groups in total. The molecule has 33 heavy (non-hydrogen) atoms. The van der Waals surface area contributed by atoms with Crippen LogP contribution in [0, 0.1) is 0 Å². The molecule has 0 radical (unpaired) electrons. The Morgan fingerprint density at radius 3 is 2.15 bits per heavy atom. The molecule has 1 heterocycles. The Kier molecular flexibility index (Phi) is 6.60. The number of fused-ring (bicyclic) bond motifs is 1. The van der Waals surface area contributed by atoms with Gasteiger partial charge in [-0.1, -0.05) is 48.5 Å². The number of aromatic amines is 1. The number of nitrogens with zero attached hydrogens (tertiary/aromatic N) is 1. The summed E-state index contributed by atoms with van der Waals surface area (Å²) in [5.41, 5.74) is 5.16. The number of hydrogen-bond acceptors (Lipinski definition) is 6. The van der Waals surface area contributed by atoms with Gasteiger partial charge in [-0.05, 0) is 35.9 Å². The fraction of sp³-hybridized carbons (Fsp3) is 0.0833. The summed E-state index contributed by atoms with van der Waals surface area (Å²) < 4.78 is 11.1. The average Bonchev–Trinajstić information content (AvgIpc) is 2.86. The third-order valence-corrected chi connectivity index (χ3v) is 4.67. The molecule has 9 heteroatoms. The molecular weight excluding hydrogens is 424 g/mol. The van der Waals surface area contributed by atoms with Crippen LogP contribution in [0.2, 0.25) is 0 Å². The number of benzene rings is 3. The van der Waals surface area contributed by atoms with Crippen molar-refractivity contribution in [1.82, 2.24) is 21.0 Å². The molecule has 4 rings (SSSR count). The van der Waals surface area contributed by atoms with Crippen molar-refractivity contribution in [2.45, 2.75) is 6.61 Å². The maximum atomic E-state index is 12.4. The van der Waals surface area contributed by atoms with E-state index in [1.807, 2.05) is 30.3 Å². The summed E-state index contributed by atoms with van der Waals surface area (Å²) in [6.45, 7) is 0.132. The van der Waals surface area contributed by atoms with Gasteiger partial charge in [-0.25, -0.2) is 5.10 Å². The number of nitrogens with one attached hydrogen (secondary N) is 3. The number of hydrazine groups is 1. The topological polar surface area (TPSA) is 122 Å². The largest absolute Gasteiger partial charge is 0.489 e. The summed E-state index contributed by atoms with van der Waals surface area (Å²) in [5.74, 6) is -0.0995. The molecule has 0 saturated carbocycles. The first-order valence-corrected chi connectivity index (χ1v) is 10.1. The highest BCUT2D eigenvalue weighted by Crippen LogP contribution is 2.18. The Labute approximate surface area is 188 Å². The maximum absolute atomic E-state index is 12.4. The third-order valence-electron chi connectivity index (χ3n) is 4.67. The molecule has 0 fully saturated rings. The highest BCUT2D eigenvalue weighted by molar-refractivity contribution is 6.05. The molecule has 0 aliphatic carbocycles. The van der Waals surface area contributed by atoms with Crippen LogP contribution in [0.5, 0.6) is 11.5 Å². The van der Waals surface area contributed by atoms with E-state index in [1.165, 1.54) is 0 Å². The predicted octanol–water partition coefficient (Wildman–Crippen LogP) is 2.34. The lowest BCUT2D eigenvalue weighted by Gasteiger charge is -2.10. The SMILES string of the molecule is O=C(COc1ccc(OCc2ccccc2)cc1)NNC(=O)c1n[nH]c(=O)c2ccccc12. The summed E-state index contributed by atoms with van der Waals surface area (Å²) in [6.07, 6.45) is 0. The molecule has 0 atom stereocenters. The minimum atomic E-state index is -0.671. The van der Waals surface area contributed by atoms with E-state index in [1.54, 1.807) is 48.5 Å². The van der Waals surface area contributed by atoms with Gasteiger partial charge < -0.3 is 9.47 Å². The van der Waals surface area contributed by atoms with Crippen LogP contribution >= 0.6 is 0 Å². The third kappa shape index (κ3) is 5.53. The zero-order valence-corrected chi connectivity index (χ0v) is 17.4. The van der Waals surface area contributed by atoms with Crippen molar-refractivity contribution in [3.63, 3.8) is 0 Å². The molecule has 4 aromatic rings. The molecule has 0 aliphatic rings. The molecule has 166 valence electrons. The summed E-state index contributed by atoms with van der Waals surface area (Å²) in [6, 6.07) is 23.2. The first-order valence-electron chi connectivity index (χ1n) is 10.1. The molecule has 2 amide bonds. The van der Waals surface area contributed by atoms with Crippen molar-refractivity contribution >= 4 is 22.6 Å². The molecule has 3 aromatic carbocycles. The average molecular weight is 444 g/mol. The summed E-state index contributed by atoms with van der Waals surface area (Å²) in [4.78, 5) is 36.2. The van der Waals surface area contributed by atoms with E-state index in [0.717, 1.165) is 5.56 Å². The number of H-pyrrole nitrogens is 1. The van der Waals surface area contributed by atoms with E-state index >= 15 is 0 Å². The van der Waals surface area contributed by atoms with Gasteiger partial charge in [0.05, 0.1) is 5.39 Å². The lowest BCUT2D eigenvalue weighted by Crippen LogP contribution is -2.44. The van der Waals surface area contributed by atoms with Crippen LogP contribution < -0.4 is 25.9 Å². The number of rotatable bonds is 7. The lowest BCUT2D eigenvalue weighted by atomic mass is 10.1. The minimum Gasteiger partial charge on any atom is -0.489 e. The van der Waals surface area contributed by atoms with Gasteiger partial charge in [0, 0.05) is 5.39 Å². The smallest absolute Gasteiger partial charge is 0.290 e. The number of hydrogen-bond donors (Lipinski definition) is 3. The molecule has 0 unspecified atom stereocenters. The second-order valence-electron chi connectivity index (χ2n) is 6.98. The van der Waals surface area contributed by atoms with Crippen LogP contribution in [0.25, 0.3) is 10.8 Å². The van der Waals surface area contributed by atoms with E-state index in [2.05, 4.69) is 21.0 Å². The van der Waals surface area contributed by atoms with E-state index in [-0.39, 0.29) is 12.3 Å². The van der Waals surface area contributed by atoms with Crippen LogP contribution in [-0.2, 0) is 11.4 Å². The highest BCUT2D eigenvalue weighted by atomic mass is 16.5. The van der Waals surface area contributed by atoms with Crippen molar-refractivity contribution in [2.24, 2.45) is 0 Å². The first kappa shape index (κ1) is 21.6. The van der Waals surface area contributed by atoms with Crippen molar-refractivity contribution in [3.05, 3.63) is 100 Å². The zero-order chi connectivity index (χ0) is 23.0. The maximum Gasteiger partial charge on any atom is 0.290 e. The molecule has 0 bridgehead atoms. The lowest BCUT2D eigenvalue weighted by molar-refractivity contribution is -0.123. The van der Waals surface area contributed by atoms with Gasteiger partial charge >= 0.3 is 0 Å². The monoisotopic (exact) mass is 444 g/mol. The first-order chi connectivity index (χ1) is 16.1. The standard InChI is InChI=1S/C24H20N4O5/c29-21(25-28-24(31)22-19-8-4-5-9-20(19)23(30)27-26-22)15-33-18-12-10-17(11-13-18)32-14-16-6-2-1-3-7-16/h1-13H,14-15H2,(H,25,29)(H,27,30)(H,28,31). The van der Waals surface area contributed by atoms with Crippen molar-refractivity contribution in [3.8, 4) is 11.5 Å². The number of aromatic nitrogens is 2. The number of carbonyl (C=O) groups excluding carboxylic acids is 2. The minimum absolute atomic E-state index is 0.0162. The summed E-state index contributed by atoms with van der Waals surface area (Å²) in [7, 11) is 0. The van der Waals surface area contributed by atoms with Crippen LogP contribution in [0.3, 0.4) is 0 Å². The second kappa shape index (κ2) is 10.1. The van der Waals surface area contributed by atoms with Crippen molar-refractivity contribution in [1.29, 1.82) is 0 Å². The van der Waals surface area contributed by atoms with Crippen LogP contribution in [0.15, 0.2) is 83.7 Å². The van der Waals surface area contributed by atoms with E-state index < -0.39 is 17.4 Å². The number of ether oxygens (including phenoxy) is 2. The summed E-state index contributed by atoms with van der Waals surface area (Å²) >= 11 is 0. The Balaban J connectivity index is 1.25. The quantitative estimate of drug-likeness (QED) is 0.376. The highest BCUT2D eigenvalue weighted by Gasteiger charge is 2.14. The van der Waals surface area contributed by atoms with Crippen molar-refractivity contribution < 1.29 is 19.1 Å². The van der Waals surface area contributed by atoms with Gasteiger partial charge in [-0.15, -0.1) is 0 Å². The number of amides is 2. The second-order valence-corrected chi connectivity index (χ2v) is 6.98. The normalized spacial score (nSPS) is 10.4. The van der Waals surface area contributed by atoms with Gasteiger partial charge in [-0.2, -0.15) is 5.10 Å². The zero-order valence-electron chi connectivity index (χ0n) is 17.4. The Hall–Kier alpha value is -4.66. The molecule has 0 spiro atoms. The molecule has 0 saturated heterocycles. The van der Waals surface area contributed by atoms with Gasteiger partial charge in [0.15, 0.2) is 12.3 Å². The summed E-state index contributed by atoms with van der Waals surface area (Å²) in [5, 5.41) is 6.74. The van der Waals surface area contributed by atoms with Crippen LogP contribution in [0.1, 0.15) is 16.1 Å². The molecule has 0 aliphatic heterocycles. The number of carbonyl (C=O) groups is 2. The van der Waals surface area contributed by atoms with Crippen molar-refractivity contribution in [2.75, 3.05) is 6.61 Å². The molecule has 1 aromatic heterocycles. The van der Waals surface area contributed by atoms with Crippen LogP contribution in [-0.4, -0.2) is 28.6 Å². The predicted molar refractivity (Wildman–Crippen MR) is 121 cm³/mol.